The van der Waals surface area contributed by atoms with Gasteiger partial charge in [-0.05, 0) is 25.7 Å². The minimum Gasteiger partial charge on any atom is -0.481 e. The van der Waals surface area contributed by atoms with Gasteiger partial charge < -0.3 is 5.11 Å². The van der Waals surface area contributed by atoms with Gasteiger partial charge in [-0.1, -0.05) is 12.0 Å². The first-order valence-electron chi connectivity index (χ1n) is 4.46. The van der Waals surface area contributed by atoms with Crippen LogP contribution in [-0.2, 0) is 4.79 Å². The molecule has 1 fully saturated rings. The molecule has 0 radical (unpaired) electrons. The van der Waals surface area contributed by atoms with E-state index in [1.165, 1.54) is 6.08 Å². The van der Waals surface area contributed by atoms with Crippen molar-refractivity contribution in [1.29, 1.82) is 5.26 Å². The maximum Gasteiger partial charge on any atom is 0.307 e. The Balaban J connectivity index is 2.75. The Labute approximate surface area is 77.7 Å². The molecule has 1 saturated carbocycles. The zero-order valence-electron chi connectivity index (χ0n) is 7.66. The highest BCUT2D eigenvalue weighted by Crippen LogP contribution is 2.36. The topological polar surface area (TPSA) is 61.1 Å². The molecule has 1 aliphatic carbocycles. The van der Waals surface area contributed by atoms with E-state index in [-0.39, 0.29) is 11.8 Å². The fourth-order valence-electron chi connectivity index (χ4n) is 2.01. The van der Waals surface area contributed by atoms with Crippen LogP contribution in [0.4, 0.5) is 0 Å². The molecule has 1 rings (SSSR count). The lowest BCUT2D eigenvalue weighted by Crippen LogP contribution is -2.18. The van der Waals surface area contributed by atoms with Gasteiger partial charge in [-0.25, -0.2) is 0 Å². The molecular formula is C10H13NO2. The second-order valence-electron chi connectivity index (χ2n) is 3.50. The third-order valence-corrected chi connectivity index (χ3v) is 2.71. The van der Waals surface area contributed by atoms with Gasteiger partial charge in [-0.2, -0.15) is 5.26 Å². The molecule has 3 nitrogen and oxygen atoms in total. The monoisotopic (exact) mass is 179 g/mol. The molecule has 0 spiro atoms. The maximum absolute atomic E-state index is 10.8. The summed E-state index contributed by atoms with van der Waals surface area (Å²) in [5, 5.41) is 17.3. The van der Waals surface area contributed by atoms with Crippen molar-refractivity contribution in [2.75, 3.05) is 0 Å². The number of carboxylic acid groups (broad SMARTS) is 1. The van der Waals surface area contributed by atoms with E-state index in [0.717, 1.165) is 24.8 Å². The third kappa shape index (κ3) is 2.09. The highest BCUT2D eigenvalue weighted by Gasteiger charge is 2.33. The number of carbonyl (C=O) groups is 1. The molecule has 0 aromatic carbocycles. The Bertz CT molecular complexity index is 275. The average Bonchev–Trinajstić information content (AvgIpc) is 2.52. The van der Waals surface area contributed by atoms with Gasteiger partial charge in [0.05, 0.1) is 12.0 Å². The molecule has 0 saturated heterocycles. The van der Waals surface area contributed by atoms with Crippen LogP contribution in [0.3, 0.4) is 0 Å². The van der Waals surface area contributed by atoms with Crippen LogP contribution >= 0.6 is 0 Å². The molecule has 0 aromatic rings. The molecular weight excluding hydrogens is 166 g/mol. The number of hydrogen-bond acceptors (Lipinski definition) is 2. The summed E-state index contributed by atoms with van der Waals surface area (Å²) in [5.41, 5.74) is 0.910. The maximum atomic E-state index is 10.8. The van der Waals surface area contributed by atoms with Crippen LogP contribution < -0.4 is 0 Å². The van der Waals surface area contributed by atoms with Gasteiger partial charge in [0.15, 0.2) is 0 Å². The van der Waals surface area contributed by atoms with Gasteiger partial charge in [-0.15, -0.1) is 0 Å². The number of hydrogen-bond donors (Lipinski definition) is 1. The fraction of sp³-hybridized carbons (Fsp3) is 0.600. The van der Waals surface area contributed by atoms with Crippen LogP contribution in [0.15, 0.2) is 11.6 Å². The zero-order chi connectivity index (χ0) is 9.84. The number of rotatable bonds is 2. The molecule has 0 amide bonds. The first-order valence-corrected chi connectivity index (χ1v) is 4.46. The van der Waals surface area contributed by atoms with E-state index >= 15 is 0 Å². The van der Waals surface area contributed by atoms with Gasteiger partial charge in [-0.3, -0.25) is 4.79 Å². The Morgan fingerprint density at radius 3 is 2.69 bits per heavy atom. The summed E-state index contributed by atoms with van der Waals surface area (Å²) in [4.78, 5) is 10.8. The summed E-state index contributed by atoms with van der Waals surface area (Å²) < 4.78 is 0. The minimum atomic E-state index is -0.729. The van der Waals surface area contributed by atoms with E-state index < -0.39 is 5.97 Å². The van der Waals surface area contributed by atoms with E-state index in [4.69, 9.17) is 10.4 Å². The largest absolute Gasteiger partial charge is 0.481 e. The van der Waals surface area contributed by atoms with Crippen molar-refractivity contribution >= 4 is 5.97 Å². The van der Waals surface area contributed by atoms with E-state index in [0.29, 0.717) is 0 Å². The Hall–Kier alpha value is -1.30. The fourth-order valence-corrected chi connectivity index (χ4v) is 2.01. The number of nitrogens with zero attached hydrogens (tertiary/aromatic N) is 1. The minimum absolute atomic E-state index is 0.0807. The van der Waals surface area contributed by atoms with E-state index in [2.05, 4.69) is 0 Å². The number of nitriles is 1. The molecule has 0 aliphatic heterocycles. The van der Waals surface area contributed by atoms with Crippen LogP contribution in [0.25, 0.3) is 0 Å². The third-order valence-electron chi connectivity index (χ3n) is 2.71. The van der Waals surface area contributed by atoms with E-state index in [1.807, 2.05) is 13.0 Å². The Morgan fingerprint density at radius 1 is 1.54 bits per heavy atom. The summed E-state index contributed by atoms with van der Waals surface area (Å²) in [6.45, 7) is 1.84. The average molecular weight is 179 g/mol. The van der Waals surface area contributed by atoms with Gasteiger partial charge in [0.1, 0.15) is 0 Å². The molecule has 0 heterocycles. The molecule has 13 heavy (non-hydrogen) atoms. The van der Waals surface area contributed by atoms with E-state index in [9.17, 15) is 4.79 Å². The summed E-state index contributed by atoms with van der Waals surface area (Å²) in [5.74, 6) is -0.921. The van der Waals surface area contributed by atoms with Gasteiger partial charge in [0, 0.05) is 6.08 Å². The zero-order valence-corrected chi connectivity index (χ0v) is 7.66. The molecule has 0 bridgehead atoms. The van der Waals surface area contributed by atoms with Crippen LogP contribution in [0.1, 0.15) is 26.2 Å². The standard InChI is InChI=1S/C10H13NO2/c1-7(5-6-11)8-3-2-4-9(8)10(12)13/h5,8-9H,2-4H2,1H3,(H,12,13)/b7-5+. The lowest BCUT2D eigenvalue weighted by Gasteiger charge is -2.15. The first kappa shape index (κ1) is 9.79. The van der Waals surface area contributed by atoms with E-state index in [1.54, 1.807) is 0 Å². The highest BCUT2D eigenvalue weighted by molar-refractivity contribution is 5.71. The Morgan fingerprint density at radius 2 is 2.15 bits per heavy atom. The number of allylic oxidation sites excluding steroid dienone is 2. The van der Waals surface area contributed by atoms with Gasteiger partial charge in [0.2, 0.25) is 0 Å². The van der Waals surface area contributed by atoms with Crippen molar-refractivity contribution in [3.63, 3.8) is 0 Å². The molecule has 70 valence electrons. The summed E-state index contributed by atoms with van der Waals surface area (Å²) in [7, 11) is 0. The van der Waals surface area contributed by atoms with Crippen molar-refractivity contribution in [1.82, 2.24) is 0 Å². The molecule has 3 heteroatoms. The van der Waals surface area contributed by atoms with Crippen molar-refractivity contribution in [2.24, 2.45) is 11.8 Å². The molecule has 2 atom stereocenters. The smallest absolute Gasteiger partial charge is 0.307 e. The summed E-state index contributed by atoms with van der Waals surface area (Å²) >= 11 is 0. The van der Waals surface area contributed by atoms with Crippen molar-refractivity contribution < 1.29 is 9.90 Å². The second kappa shape index (κ2) is 4.08. The summed E-state index contributed by atoms with van der Waals surface area (Å²) in [6, 6.07) is 1.95. The predicted molar refractivity (Wildman–Crippen MR) is 47.8 cm³/mol. The molecule has 0 aromatic heterocycles. The van der Waals surface area contributed by atoms with Gasteiger partial charge >= 0.3 is 5.97 Å². The molecule has 1 aliphatic rings. The lowest BCUT2D eigenvalue weighted by molar-refractivity contribution is -0.142. The SMILES string of the molecule is C/C(=C\C#N)C1CCCC1C(=O)O. The van der Waals surface area contributed by atoms with Crippen LogP contribution in [-0.4, -0.2) is 11.1 Å². The van der Waals surface area contributed by atoms with Crippen molar-refractivity contribution in [2.45, 2.75) is 26.2 Å². The predicted octanol–water partition coefficient (Wildman–Crippen LogP) is 1.96. The van der Waals surface area contributed by atoms with Crippen molar-refractivity contribution in [3.05, 3.63) is 11.6 Å². The molecule has 1 N–H and O–H groups in total. The lowest BCUT2D eigenvalue weighted by atomic mass is 9.89. The normalized spacial score (nSPS) is 28.5. The number of carboxylic acids is 1. The quantitative estimate of drug-likeness (QED) is 0.659. The number of aliphatic carboxylic acids is 1. The molecule has 2 unspecified atom stereocenters. The second-order valence-corrected chi connectivity index (χ2v) is 3.50. The van der Waals surface area contributed by atoms with Crippen molar-refractivity contribution in [3.8, 4) is 6.07 Å². The van der Waals surface area contributed by atoms with Crippen LogP contribution in [0.2, 0.25) is 0 Å². The first-order chi connectivity index (χ1) is 6.16. The Kier molecular flexibility index (Phi) is 3.07. The van der Waals surface area contributed by atoms with Crippen LogP contribution in [0.5, 0.6) is 0 Å². The highest BCUT2D eigenvalue weighted by atomic mass is 16.4. The van der Waals surface area contributed by atoms with Gasteiger partial charge in [0.25, 0.3) is 0 Å². The summed E-state index contributed by atoms with van der Waals surface area (Å²) in [6.07, 6.45) is 4.07. The van der Waals surface area contributed by atoms with Crippen LogP contribution in [0, 0.1) is 23.2 Å².